The van der Waals surface area contributed by atoms with E-state index in [1.165, 1.54) is 35.6 Å². The Morgan fingerprint density at radius 2 is 1.68 bits per heavy atom. The lowest BCUT2D eigenvalue weighted by Gasteiger charge is -2.27. The number of amides is 1. The van der Waals surface area contributed by atoms with Crippen molar-refractivity contribution >= 4 is 33.2 Å². The third-order valence-corrected chi connectivity index (χ3v) is 9.60. The van der Waals surface area contributed by atoms with Gasteiger partial charge in [-0.3, -0.25) is 14.6 Å². The summed E-state index contributed by atoms with van der Waals surface area (Å²) in [7, 11) is 0. The van der Waals surface area contributed by atoms with Gasteiger partial charge >= 0.3 is 6.18 Å². The van der Waals surface area contributed by atoms with Crippen molar-refractivity contribution in [1.82, 2.24) is 19.7 Å². The molecule has 0 aliphatic heterocycles. The lowest BCUT2D eigenvalue weighted by atomic mass is 10.0. The minimum atomic E-state index is -4.85. The monoisotopic (exact) mass is 700 g/mol. The SMILES string of the molecule is CCC(C)N(Cc1ccc(-c2cc3nccc(Oc4ccc(CC(=O)c5cnn(-c6ccccc6)c5C(F)(F)F)cc4F)c3s2)cc1)C(C)=O. The van der Waals surface area contributed by atoms with Gasteiger partial charge in [-0.2, -0.15) is 18.3 Å². The number of fused-ring (bicyclic) bond motifs is 1. The highest BCUT2D eigenvalue weighted by molar-refractivity contribution is 7.22. The molecule has 12 heteroatoms. The van der Waals surface area contributed by atoms with Crippen molar-refractivity contribution in [2.24, 2.45) is 0 Å². The van der Waals surface area contributed by atoms with Crippen LogP contribution in [0.4, 0.5) is 17.6 Å². The topological polar surface area (TPSA) is 77.3 Å². The molecule has 3 aromatic carbocycles. The minimum Gasteiger partial charge on any atom is -0.453 e. The van der Waals surface area contributed by atoms with Crippen LogP contribution < -0.4 is 4.74 Å². The average Bonchev–Trinajstić information content (AvgIpc) is 3.75. The van der Waals surface area contributed by atoms with Crippen molar-refractivity contribution < 1.29 is 31.9 Å². The van der Waals surface area contributed by atoms with E-state index in [0.29, 0.717) is 27.2 Å². The zero-order valence-corrected chi connectivity index (χ0v) is 28.2. The first-order valence-electron chi connectivity index (χ1n) is 15.9. The van der Waals surface area contributed by atoms with Crippen LogP contribution in [0.15, 0.2) is 97.3 Å². The van der Waals surface area contributed by atoms with E-state index in [1.807, 2.05) is 49.1 Å². The van der Waals surface area contributed by atoms with Crippen LogP contribution in [0.5, 0.6) is 11.5 Å². The number of alkyl halides is 3. The smallest absolute Gasteiger partial charge is 0.434 e. The number of hydrogen-bond acceptors (Lipinski definition) is 6. The quantitative estimate of drug-likeness (QED) is 0.0994. The second-order valence-corrected chi connectivity index (χ2v) is 12.9. The molecule has 0 bridgehead atoms. The fraction of sp³-hybridized carbons (Fsp3) is 0.211. The van der Waals surface area contributed by atoms with E-state index in [0.717, 1.165) is 34.7 Å². The molecule has 6 aromatic rings. The molecule has 3 heterocycles. The van der Waals surface area contributed by atoms with Crippen molar-refractivity contribution in [2.45, 2.75) is 52.4 Å². The first-order chi connectivity index (χ1) is 23.9. The number of benzene rings is 3. The normalized spacial score (nSPS) is 12.2. The number of pyridine rings is 1. The molecule has 0 aliphatic carbocycles. The Morgan fingerprint density at radius 1 is 0.960 bits per heavy atom. The highest BCUT2D eigenvalue weighted by atomic mass is 32.1. The lowest BCUT2D eigenvalue weighted by Crippen LogP contribution is -2.36. The molecule has 6 rings (SSSR count). The Kier molecular flexibility index (Phi) is 9.83. The number of halogens is 4. The van der Waals surface area contributed by atoms with Crippen molar-refractivity contribution in [3.8, 4) is 27.6 Å². The van der Waals surface area contributed by atoms with Crippen LogP contribution in [0.2, 0.25) is 0 Å². The van der Waals surface area contributed by atoms with Crippen molar-refractivity contribution in [3.63, 3.8) is 0 Å². The van der Waals surface area contributed by atoms with Crippen molar-refractivity contribution in [1.29, 1.82) is 0 Å². The van der Waals surface area contributed by atoms with Gasteiger partial charge in [0.25, 0.3) is 0 Å². The minimum absolute atomic E-state index is 0.0258. The number of nitrogens with zero attached hydrogens (tertiary/aromatic N) is 4. The molecule has 0 spiro atoms. The summed E-state index contributed by atoms with van der Waals surface area (Å²) in [5.41, 5.74) is 1.15. The number of aromatic nitrogens is 3. The third-order valence-electron chi connectivity index (χ3n) is 8.41. The fourth-order valence-electron chi connectivity index (χ4n) is 5.63. The molecule has 0 saturated carbocycles. The van der Waals surface area contributed by atoms with E-state index in [1.54, 1.807) is 37.4 Å². The molecule has 1 amide bonds. The van der Waals surface area contributed by atoms with E-state index in [4.69, 9.17) is 4.74 Å². The van der Waals surface area contributed by atoms with Crippen LogP contribution in [0, 0.1) is 5.82 Å². The largest absolute Gasteiger partial charge is 0.453 e. The molecule has 1 unspecified atom stereocenters. The number of ether oxygens (including phenoxy) is 1. The molecule has 1 atom stereocenters. The van der Waals surface area contributed by atoms with Crippen LogP contribution in [0.1, 0.15) is 54.4 Å². The Balaban J connectivity index is 1.19. The number of carbonyl (C=O) groups is 2. The van der Waals surface area contributed by atoms with Crippen molar-refractivity contribution in [2.75, 3.05) is 0 Å². The Hall–Kier alpha value is -5.36. The second-order valence-electron chi connectivity index (χ2n) is 11.9. The van der Waals surface area contributed by atoms with Gasteiger partial charge in [-0.05, 0) is 60.4 Å². The maximum atomic E-state index is 15.3. The molecular formula is C38H32F4N4O3S. The number of carbonyl (C=O) groups excluding carboxylic acids is 2. The van der Waals surface area contributed by atoms with Crippen molar-refractivity contribution in [3.05, 3.63) is 126 Å². The van der Waals surface area contributed by atoms with Gasteiger partial charge in [0.05, 0.1) is 27.7 Å². The van der Waals surface area contributed by atoms with E-state index >= 15 is 4.39 Å². The van der Waals surface area contributed by atoms with Crippen LogP contribution in [-0.4, -0.2) is 37.4 Å². The van der Waals surface area contributed by atoms with Crippen LogP contribution in [0.25, 0.3) is 26.3 Å². The number of ketones is 1. The zero-order valence-electron chi connectivity index (χ0n) is 27.4. The van der Waals surface area contributed by atoms with Gasteiger partial charge in [0.2, 0.25) is 5.91 Å². The van der Waals surface area contributed by atoms with Gasteiger partial charge in [0.15, 0.2) is 23.0 Å². The second kappa shape index (κ2) is 14.2. The number of thiophene rings is 1. The van der Waals surface area contributed by atoms with E-state index < -0.39 is 35.5 Å². The predicted octanol–water partition coefficient (Wildman–Crippen LogP) is 9.67. The highest BCUT2D eigenvalue weighted by Crippen LogP contribution is 2.40. The first-order valence-corrected chi connectivity index (χ1v) is 16.7. The predicted molar refractivity (Wildman–Crippen MR) is 184 cm³/mol. The standard InChI is InChI=1S/C38H32F4N4O3S/c1-4-23(2)45(24(3)47)22-25-10-13-27(14-11-25)35-20-31-36(50-35)34(16-17-43-31)49-33-15-12-26(18-30(33)39)19-32(48)29-21-44-46(37(29)38(40,41)42)28-8-6-5-7-9-28/h5-18,20-21,23H,4,19,22H2,1-3H3. The van der Waals surface area contributed by atoms with Gasteiger partial charge in [-0.25, -0.2) is 9.07 Å². The number of hydrogen-bond donors (Lipinski definition) is 0. The van der Waals surface area contributed by atoms with Gasteiger partial charge in [-0.1, -0.05) is 55.5 Å². The van der Waals surface area contributed by atoms with Crippen LogP contribution in [0.3, 0.4) is 0 Å². The lowest BCUT2D eigenvalue weighted by molar-refractivity contribution is -0.143. The van der Waals surface area contributed by atoms with E-state index in [-0.39, 0.29) is 28.9 Å². The van der Waals surface area contributed by atoms with Gasteiger partial charge < -0.3 is 9.64 Å². The molecule has 256 valence electrons. The summed E-state index contributed by atoms with van der Waals surface area (Å²) in [5.74, 6) is -1.34. The highest BCUT2D eigenvalue weighted by Gasteiger charge is 2.40. The summed E-state index contributed by atoms with van der Waals surface area (Å²) in [6, 6.07) is 23.2. The van der Waals surface area contributed by atoms with Crippen LogP contribution >= 0.6 is 11.3 Å². The maximum Gasteiger partial charge on any atom is 0.434 e. The summed E-state index contributed by atoms with van der Waals surface area (Å²) in [6.07, 6.45) is -2.02. The molecule has 0 fully saturated rings. The third kappa shape index (κ3) is 7.30. The molecule has 0 aliphatic rings. The maximum absolute atomic E-state index is 15.3. The summed E-state index contributed by atoms with van der Waals surface area (Å²) in [5, 5.41) is 3.83. The zero-order chi connectivity index (χ0) is 35.6. The summed E-state index contributed by atoms with van der Waals surface area (Å²) in [6.45, 7) is 6.17. The summed E-state index contributed by atoms with van der Waals surface area (Å²) >= 11 is 1.43. The molecule has 7 nitrogen and oxygen atoms in total. The number of para-hydroxylation sites is 1. The molecule has 0 saturated heterocycles. The van der Waals surface area contributed by atoms with Crippen LogP contribution in [-0.2, 0) is 23.9 Å². The summed E-state index contributed by atoms with van der Waals surface area (Å²) < 4.78 is 64.9. The van der Waals surface area contributed by atoms with Gasteiger partial charge in [-0.15, -0.1) is 11.3 Å². The van der Waals surface area contributed by atoms with Gasteiger partial charge in [0.1, 0.15) is 5.75 Å². The number of rotatable bonds is 11. The number of Topliss-reactive ketones (excluding diaryl/α,β-unsaturated/α-hetero) is 1. The Labute approximate surface area is 289 Å². The Morgan fingerprint density at radius 3 is 2.34 bits per heavy atom. The first kappa shape index (κ1) is 34.5. The molecule has 0 N–H and O–H groups in total. The molecular weight excluding hydrogens is 669 g/mol. The molecule has 50 heavy (non-hydrogen) atoms. The molecule has 3 aromatic heterocycles. The van der Waals surface area contributed by atoms with Gasteiger partial charge in [0, 0.05) is 43.1 Å². The molecule has 0 radical (unpaired) electrons. The fourth-order valence-corrected chi connectivity index (χ4v) is 6.70. The Bertz CT molecular complexity index is 2160. The van der Waals surface area contributed by atoms with E-state index in [2.05, 4.69) is 10.1 Å². The summed E-state index contributed by atoms with van der Waals surface area (Å²) in [4.78, 5) is 32.4. The average molecular weight is 701 g/mol. The van der Waals surface area contributed by atoms with E-state index in [9.17, 15) is 22.8 Å².